The minimum atomic E-state index is -3.93. The van der Waals surface area contributed by atoms with Gasteiger partial charge in [0, 0.05) is 11.0 Å². The second-order valence-corrected chi connectivity index (χ2v) is 10.2. The summed E-state index contributed by atoms with van der Waals surface area (Å²) in [6, 6.07) is 18.1. The molecule has 0 N–H and O–H groups in total. The van der Waals surface area contributed by atoms with Crippen LogP contribution in [0.1, 0.15) is 25.7 Å². The molecule has 0 aliphatic rings. The quantitative estimate of drug-likeness (QED) is 0.350. The molecule has 0 aliphatic heterocycles. The van der Waals surface area contributed by atoms with Gasteiger partial charge in [0.05, 0.1) is 27.5 Å². The highest BCUT2D eigenvalue weighted by Crippen LogP contribution is 2.29. The smallest absolute Gasteiger partial charge is 0.266 e. The number of hydrogen-bond acceptors (Lipinski definition) is 4. The van der Waals surface area contributed by atoms with Gasteiger partial charge in [-0.3, -0.25) is 9.36 Å². The highest BCUT2D eigenvalue weighted by Gasteiger charge is 2.32. The summed E-state index contributed by atoms with van der Waals surface area (Å²) in [7, 11) is -3.93. The van der Waals surface area contributed by atoms with Crippen LogP contribution >= 0.6 is 15.9 Å². The lowest BCUT2D eigenvalue weighted by atomic mass is 10.2. The van der Waals surface area contributed by atoms with Crippen LogP contribution in [0.15, 0.2) is 87.0 Å². The van der Waals surface area contributed by atoms with E-state index in [1.54, 1.807) is 56.3 Å². The highest BCUT2D eigenvalue weighted by molar-refractivity contribution is 9.10. The number of para-hydroxylation sites is 2. The topological polar surface area (TPSA) is 72.3 Å². The minimum absolute atomic E-state index is 0.0136. The second-order valence-electron chi connectivity index (χ2n) is 7.42. The first-order chi connectivity index (χ1) is 15.8. The molecule has 1 unspecified atom stereocenters. The normalized spacial score (nSPS) is 12.9. The van der Waals surface area contributed by atoms with Gasteiger partial charge in [-0.1, -0.05) is 47.1 Å². The lowest BCUT2D eigenvalue weighted by Crippen LogP contribution is -2.37. The largest absolute Gasteiger partial charge is 0.268 e. The van der Waals surface area contributed by atoms with Crippen LogP contribution in [0.25, 0.3) is 16.6 Å². The van der Waals surface area contributed by atoms with Gasteiger partial charge >= 0.3 is 0 Å². The summed E-state index contributed by atoms with van der Waals surface area (Å²) in [5.74, 6) is -0.477. The summed E-state index contributed by atoms with van der Waals surface area (Å²) >= 11 is 3.31. The van der Waals surface area contributed by atoms with Crippen molar-refractivity contribution in [2.45, 2.75) is 24.8 Å². The lowest BCUT2D eigenvalue weighted by molar-refractivity contribution is 0.340. The maximum Gasteiger partial charge on any atom is 0.266 e. The van der Waals surface area contributed by atoms with E-state index in [-0.39, 0.29) is 23.0 Å². The zero-order valence-electron chi connectivity index (χ0n) is 17.9. The van der Waals surface area contributed by atoms with Crippen molar-refractivity contribution in [1.82, 2.24) is 13.9 Å². The number of sulfonamides is 1. The molecule has 1 atom stereocenters. The maximum absolute atomic E-state index is 14.8. The first-order valence-corrected chi connectivity index (χ1v) is 12.5. The molecular weight excluding hydrogens is 509 g/mol. The van der Waals surface area contributed by atoms with Crippen molar-refractivity contribution in [2.24, 2.45) is 0 Å². The van der Waals surface area contributed by atoms with Gasteiger partial charge in [-0.15, -0.1) is 0 Å². The van der Waals surface area contributed by atoms with Gasteiger partial charge in [0.2, 0.25) is 10.0 Å². The Morgan fingerprint density at radius 2 is 1.67 bits per heavy atom. The summed E-state index contributed by atoms with van der Waals surface area (Å²) in [4.78, 5) is 18.2. The van der Waals surface area contributed by atoms with E-state index in [2.05, 4.69) is 20.9 Å². The van der Waals surface area contributed by atoms with Crippen LogP contribution < -0.4 is 5.56 Å². The van der Waals surface area contributed by atoms with E-state index in [0.29, 0.717) is 10.9 Å². The zero-order valence-corrected chi connectivity index (χ0v) is 20.3. The summed E-state index contributed by atoms with van der Waals surface area (Å²) < 4.78 is 44.9. The van der Waals surface area contributed by atoms with Gasteiger partial charge < -0.3 is 0 Å². The molecule has 0 aliphatic carbocycles. The molecule has 33 heavy (non-hydrogen) atoms. The van der Waals surface area contributed by atoms with Crippen LogP contribution in [0.4, 0.5) is 4.39 Å². The molecular formula is C24H21BrFN3O3S. The molecule has 9 heteroatoms. The average molecular weight is 530 g/mol. The molecule has 6 nitrogen and oxygen atoms in total. The molecule has 0 spiro atoms. The summed E-state index contributed by atoms with van der Waals surface area (Å²) in [6.45, 7) is 3.48. The van der Waals surface area contributed by atoms with Crippen LogP contribution in [-0.4, -0.2) is 28.8 Å². The Labute approximate surface area is 199 Å². The lowest BCUT2D eigenvalue weighted by Gasteiger charge is -2.28. The van der Waals surface area contributed by atoms with Gasteiger partial charge in [0.25, 0.3) is 5.56 Å². The van der Waals surface area contributed by atoms with Crippen molar-refractivity contribution in [3.63, 3.8) is 0 Å². The molecule has 4 aromatic rings. The Balaban J connectivity index is 1.96. The first-order valence-electron chi connectivity index (χ1n) is 10.3. The molecule has 4 rings (SSSR count). The van der Waals surface area contributed by atoms with E-state index in [1.165, 1.54) is 39.2 Å². The molecule has 1 aromatic heterocycles. The second kappa shape index (κ2) is 9.17. The fourth-order valence-corrected chi connectivity index (χ4v) is 5.68. The predicted molar refractivity (Wildman–Crippen MR) is 129 cm³/mol. The molecule has 0 amide bonds. The Kier molecular flexibility index (Phi) is 6.47. The fraction of sp³-hybridized carbons (Fsp3) is 0.167. The number of benzene rings is 3. The molecule has 3 aromatic carbocycles. The number of hydrogen-bond donors (Lipinski definition) is 0. The van der Waals surface area contributed by atoms with E-state index in [9.17, 15) is 17.6 Å². The third-order valence-corrected chi connectivity index (χ3v) is 8.02. The van der Waals surface area contributed by atoms with E-state index in [4.69, 9.17) is 0 Å². The van der Waals surface area contributed by atoms with Crippen molar-refractivity contribution in [2.75, 3.05) is 6.54 Å². The van der Waals surface area contributed by atoms with E-state index in [0.717, 1.165) is 4.47 Å². The summed E-state index contributed by atoms with van der Waals surface area (Å²) in [5.41, 5.74) is -0.0432. The first kappa shape index (κ1) is 23.3. The van der Waals surface area contributed by atoms with Crippen molar-refractivity contribution >= 4 is 36.9 Å². The van der Waals surface area contributed by atoms with Gasteiger partial charge in [0.1, 0.15) is 11.6 Å². The van der Waals surface area contributed by atoms with Crippen molar-refractivity contribution in [1.29, 1.82) is 0 Å². The highest BCUT2D eigenvalue weighted by atomic mass is 79.9. The van der Waals surface area contributed by atoms with Crippen LogP contribution in [0.2, 0.25) is 0 Å². The van der Waals surface area contributed by atoms with Crippen molar-refractivity contribution < 1.29 is 12.8 Å². The summed E-state index contributed by atoms with van der Waals surface area (Å²) in [6.07, 6.45) is 0. The van der Waals surface area contributed by atoms with Gasteiger partial charge in [0.15, 0.2) is 0 Å². The molecule has 0 saturated carbocycles. The van der Waals surface area contributed by atoms with Gasteiger partial charge in [-0.05, 0) is 55.5 Å². The van der Waals surface area contributed by atoms with Crippen LogP contribution in [-0.2, 0) is 10.0 Å². The minimum Gasteiger partial charge on any atom is -0.268 e. The number of nitrogens with zero attached hydrogens (tertiary/aromatic N) is 3. The molecule has 0 bridgehead atoms. The fourth-order valence-electron chi connectivity index (χ4n) is 3.82. The Bertz CT molecular complexity index is 1490. The molecule has 0 radical (unpaired) electrons. The Morgan fingerprint density at radius 1 is 1.03 bits per heavy atom. The predicted octanol–water partition coefficient (Wildman–Crippen LogP) is 5.06. The number of halogens is 2. The van der Waals surface area contributed by atoms with E-state index < -0.39 is 27.4 Å². The standard InChI is InChI=1S/C24H21BrFN3O3S/c1-3-28(33(31,32)18-14-12-17(25)13-15-18)16(2)23-27-21-10-6-4-8-19(21)24(30)29(23)22-11-7-5-9-20(22)26/h4-16H,3H2,1-2H3. The van der Waals surface area contributed by atoms with E-state index >= 15 is 0 Å². The third-order valence-electron chi connectivity index (χ3n) is 5.43. The van der Waals surface area contributed by atoms with Crippen molar-refractivity contribution in [3.8, 4) is 5.69 Å². The molecule has 0 saturated heterocycles. The van der Waals surface area contributed by atoms with Gasteiger partial charge in [-0.2, -0.15) is 4.31 Å². The maximum atomic E-state index is 14.8. The number of rotatable bonds is 6. The van der Waals surface area contributed by atoms with Crippen LogP contribution in [0.5, 0.6) is 0 Å². The zero-order chi connectivity index (χ0) is 23.8. The van der Waals surface area contributed by atoms with Gasteiger partial charge in [-0.25, -0.2) is 17.8 Å². The van der Waals surface area contributed by atoms with E-state index in [1.807, 2.05) is 0 Å². The third kappa shape index (κ3) is 4.23. The summed E-state index contributed by atoms with van der Waals surface area (Å²) in [5, 5.41) is 0.315. The van der Waals surface area contributed by atoms with Crippen LogP contribution in [0.3, 0.4) is 0 Å². The average Bonchev–Trinajstić information content (AvgIpc) is 2.80. The molecule has 1 heterocycles. The number of aromatic nitrogens is 2. The molecule has 170 valence electrons. The number of fused-ring (bicyclic) bond motifs is 1. The monoisotopic (exact) mass is 529 g/mol. The van der Waals surface area contributed by atoms with Crippen molar-refractivity contribution in [3.05, 3.63) is 99.3 Å². The SMILES string of the molecule is CCN(C(C)c1nc2ccccc2c(=O)n1-c1ccccc1F)S(=O)(=O)c1ccc(Br)cc1. The van der Waals surface area contributed by atoms with Crippen LogP contribution in [0, 0.1) is 5.82 Å². The Hall–Kier alpha value is -2.88. The molecule has 0 fully saturated rings. The Morgan fingerprint density at radius 3 is 2.33 bits per heavy atom.